The lowest BCUT2D eigenvalue weighted by Gasteiger charge is -2.32. The summed E-state index contributed by atoms with van der Waals surface area (Å²) in [5.74, 6) is 0.593. The molecule has 0 amide bonds. The van der Waals surface area contributed by atoms with E-state index in [2.05, 4.69) is 0 Å². The summed E-state index contributed by atoms with van der Waals surface area (Å²) in [6, 6.07) is 0. The number of hydrogen-bond donors (Lipinski definition) is 1. The van der Waals surface area contributed by atoms with Crippen molar-refractivity contribution in [2.24, 2.45) is 5.92 Å². The lowest BCUT2D eigenvalue weighted by Crippen LogP contribution is -2.39. The van der Waals surface area contributed by atoms with Gasteiger partial charge in [-0.25, -0.2) is 8.42 Å². The van der Waals surface area contributed by atoms with Crippen molar-refractivity contribution in [3.8, 4) is 0 Å². The molecule has 5 heteroatoms. The normalized spacial score (nSPS) is 30.1. The van der Waals surface area contributed by atoms with Crippen molar-refractivity contribution in [3.63, 3.8) is 0 Å². The van der Waals surface area contributed by atoms with Gasteiger partial charge in [-0.2, -0.15) is 4.31 Å². The molecule has 1 saturated carbocycles. The monoisotopic (exact) mass is 219 g/mol. The number of rotatable bonds is 3. The first-order valence-electron chi connectivity index (χ1n) is 5.25. The zero-order chi connectivity index (χ0) is 10.2. The predicted octanol–water partition coefficient (Wildman–Crippen LogP) is 0.183. The highest BCUT2D eigenvalue weighted by molar-refractivity contribution is 7.89. The fraction of sp³-hybridized carbons (Fsp3) is 1.00. The predicted molar refractivity (Wildman–Crippen MR) is 53.3 cm³/mol. The molecule has 2 aliphatic rings. The SMILES string of the molecule is O=S1(=O)CCCN1CC(O)C1CCC1. The lowest BCUT2D eigenvalue weighted by atomic mass is 9.81. The van der Waals surface area contributed by atoms with Gasteiger partial charge in [0.25, 0.3) is 0 Å². The number of hydrogen-bond acceptors (Lipinski definition) is 3. The molecule has 1 aliphatic heterocycles. The molecular formula is C9H17NO3S. The van der Waals surface area contributed by atoms with Crippen molar-refractivity contribution in [3.05, 3.63) is 0 Å². The number of aliphatic hydroxyl groups is 1. The van der Waals surface area contributed by atoms with Crippen molar-refractivity contribution in [2.45, 2.75) is 31.8 Å². The van der Waals surface area contributed by atoms with E-state index in [0.29, 0.717) is 25.4 Å². The summed E-state index contributed by atoms with van der Waals surface area (Å²) in [6.45, 7) is 0.902. The Hall–Kier alpha value is -0.130. The Labute approximate surface area is 85.0 Å². The lowest BCUT2D eigenvalue weighted by molar-refractivity contribution is 0.0489. The molecule has 0 spiro atoms. The first kappa shape index (κ1) is 10.4. The number of nitrogens with zero attached hydrogens (tertiary/aromatic N) is 1. The van der Waals surface area contributed by atoms with Gasteiger partial charge in [0.05, 0.1) is 11.9 Å². The van der Waals surface area contributed by atoms with Crippen molar-refractivity contribution in [2.75, 3.05) is 18.8 Å². The van der Waals surface area contributed by atoms with Gasteiger partial charge < -0.3 is 5.11 Å². The van der Waals surface area contributed by atoms with Gasteiger partial charge in [-0.3, -0.25) is 0 Å². The quantitative estimate of drug-likeness (QED) is 0.737. The third kappa shape index (κ3) is 1.94. The van der Waals surface area contributed by atoms with E-state index in [1.54, 1.807) is 0 Å². The average molecular weight is 219 g/mol. The standard InChI is InChI=1S/C9H17NO3S/c11-9(8-3-1-4-8)7-10-5-2-6-14(10,12)13/h8-9,11H,1-7H2. The first-order chi connectivity index (χ1) is 6.59. The molecule has 14 heavy (non-hydrogen) atoms. The number of β-amino-alcohol motifs (C(OH)–C–C–N with tert-alkyl or cyclic N) is 1. The van der Waals surface area contributed by atoms with Gasteiger partial charge in [-0.1, -0.05) is 6.42 Å². The molecule has 1 aliphatic carbocycles. The summed E-state index contributed by atoms with van der Waals surface area (Å²) < 4.78 is 24.3. The smallest absolute Gasteiger partial charge is 0.214 e. The maximum absolute atomic E-state index is 11.4. The largest absolute Gasteiger partial charge is 0.391 e. The second-order valence-corrected chi connectivity index (χ2v) is 6.37. The van der Waals surface area contributed by atoms with E-state index in [4.69, 9.17) is 0 Å². The van der Waals surface area contributed by atoms with Crippen molar-refractivity contribution in [1.82, 2.24) is 4.31 Å². The molecule has 2 rings (SSSR count). The summed E-state index contributed by atoms with van der Waals surface area (Å²) in [7, 11) is -3.03. The van der Waals surface area contributed by atoms with Crippen molar-refractivity contribution in [1.29, 1.82) is 0 Å². The van der Waals surface area contributed by atoms with Crippen LogP contribution in [0.1, 0.15) is 25.7 Å². The molecule has 1 N–H and O–H groups in total. The topological polar surface area (TPSA) is 57.6 Å². The third-order valence-electron chi connectivity index (χ3n) is 3.29. The maximum Gasteiger partial charge on any atom is 0.214 e. The van der Waals surface area contributed by atoms with E-state index >= 15 is 0 Å². The number of aliphatic hydroxyl groups excluding tert-OH is 1. The molecule has 4 nitrogen and oxygen atoms in total. The Morgan fingerprint density at radius 2 is 2.07 bits per heavy atom. The molecule has 82 valence electrons. The van der Waals surface area contributed by atoms with Crippen LogP contribution in [0.25, 0.3) is 0 Å². The van der Waals surface area contributed by atoms with E-state index in [1.807, 2.05) is 0 Å². The molecule has 0 aromatic rings. The molecule has 0 aromatic heterocycles. The maximum atomic E-state index is 11.4. The van der Waals surface area contributed by atoms with Gasteiger partial charge >= 0.3 is 0 Å². The van der Waals surface area contributed by atoms with E-state index in [9.17, 15) is 13.5 Å². The van der Waals surface area contributed by atoms with Gasteiger partial charge in [-0.05, 0) is 25.2 Å². The highest BCUT2D eigenvalue weighted by Gasteiger charge is 2.33. The van der Waals surface area contributed by atoms with Crippen LogP contribution < -0.4 is 0 Å². The molecule has 2 fully saturated rings. The van der Waals surface area contributed by atoms with Gasteiger partial charge in [0, 0.05) is 13.1 Å². The van der Waals surface area contributed by atoms with E-state index in [0.717, 1.165) is 12.8 Å². The molecule has 0 bridgehead atoms. The molecule has 0 aromatic carbocycles. The summed E-state index contributed by atoms with van der Waals surface area (Å²) >= 11 is 0. The van der Waals surface area contributed by atoms with Crippen LogP contribution in [0.4, 0.5) is 0 Å². The van der Waals surface area contributed by atoms with Gasteiger partial charge in [-0.15, -0.1) is 0 Å². The average Bonchev–Trinajstić information content (AvgIpc) is 2.27. The van der Waals surface area contributed by atoms with E-state index < -0.39 is 16.1 Å². The van der Waals surface area contributed by atoms with Gasteiger partial charge in [0.2, 0.25) is 10.0 Å². The Kier molecular flexibility index (Phi) is 2.81. The molecule has 1 heterocycles. The Morgan fingerprint density at radius 1 is 1.36 bits per heavy atom. The van der Waals surface area contributed by atoms with E-state index in [1.165, 1.54) is 10.7 Å². The zero-order valence-corrected chi connectivity index (χ0v) is 9.04. The van der Waals surface area contributed by atoms with Gasteiger partial charge in [0.1, 0.15) is 0 Å². The zero-order valence-electron chi connectivity index (χ0n) is 8.22. The van der Waals surface area contributed by atoms with Crippen LogP contribution in [-0.2, 0) is 10.0 Å². The van der Waals surface area contributed by atoms with Gasteiger partial charge in [0.15, 0.2) is 0 Å². The van der Waals surface area contributed by atoms with E-state index in [-0.39, 0.29) is 5.75 Å². The Balaban J connectivity index is 1.90. The Bertz CT molecular complexity index is 297. The van der Waals surface area contributed by atoms with Crippen LogP contribution in [0.15, 0.2) is 0 Å². The molecule has 1 saturated heterocycles. The minimum absolute atomic E-state index is 0.254. The molecule has 1 atom stereocenters. The molecular weight excluding hydrogens is 202 g/mol. The van der Waals surface area contributed by atoms with Crippen LogP contribution in [0.2, 0.25) is 0 Å². The summed E-state index contributed by atoms with van der Waals surface area (Å²) in [4.78, 5) is 0. The highest BCUT2D eigenvalue weighted by Crippen LogP contribution is 2.30. The van der Waals surface area contributed by atoms with Crippen LogP contribution in [0.3, 0.4) is 0 Å². The van der Waals surface area contributed by atoms with Crippen LogP contribution in [-0.4, -0.2) is 42.8 Å². The minimum Gasteiger partial charge on any atom is -0.391 e. The third-order valence-corrected chi connectivity index (χ3v) is 5.21. The summed E-state index contributed by atoms with van der Waals surface area (Å²) in [5, 5.41) is 9.76. The van der Waals surface area contributed by atoms with Crippen LogP contribution >= 0.6 is 0 Å². The fourth-order valence-electron chi connectivity index (χ4n) is 2.08. The second kappa shape index (κ2) is 3.79. The Morgan fingerprint density at radius 3 is 2.50 bits per heavy atom. The second-order valence-electron chi connectivity index (χ2n) is 4.29. The summed E-state index contributed by atoms with van der Waals surface area (Å²) in [5.41, 5.74) is 0. The summed E-state index contributed by atoms with van der Waals surface area (Å²) in [6.07, 6.45) is 3.54. The molecule has 1 unspecified atom stereocenters. The van der Waals surface area contributed by atoms with Crippen LogP contribution in [0.5, 0.6) is 0 Å². The van der Waals surface area contributed by atoms with Crippen molar-refractivity contribution >= 4 is 10.0 Å². The number of sulfonamides is 1. The molecule has 0 radical (unpaired) electrons. The minimum atomic E-state index is -3.03. The highest BCUT2D eigenvalue weighted by atomic mass is 32.2. The first-order valence-corrected chi connectivity index (χ1v) is 6.86. The van der Waals surface area contributed by atoms with Crippen molar-refractivity contribution < 1.29 is 13.5 Å². The fourth-order valence-corrected chi connectivity index (χ4v) is 3.62. The van der Waals surface area contributed by atoms with Crippen LogP contribution in [0, 0.1) is 5.92 Å².